The number of hydrogen-bond acceptors (Lipinski definition) is 6. The van der Waals surface area contributed by atoms with E-state index < -0.39 is 17.6 Å². The number of pyridine rings is 1. The lowest BCUT2D eigenvalue weighted by molar-refractivity contribution is -0.0589. The van der Waals surface area contributed by atoms with Crippen molar-refractivity contribution >= 4 is 28.6 Å². The molecule has 1 N–H and O–H groups in total. The summed E-state index contributed by atoms with van der Waals surface area (Å²) in [5.41, 5.74) is 4.60. The van der Waals surface area contributed by atoms with Crippen LogP contribution in [0.1, 0.15) is 44.9 Å². The van der Waals surface area contributed by atoms with Crippen LogP contribution in [0, 0.1) is 29.9 Å². The highest BCUT2D eigenvalue weighted by atomic mass is 35.5. The van der Waals surface area contributed by atoms with Gasteiger partial charge in [-0.3, -0.25) is 0 Å². The second-order valence-electron chi connectivity index (χ2n) is 10.6. The van der Waals surface area contributed by atoms with E-state index in [9.17, 15) is 18.7 Å². The number of aryl methyl sites for hydroxylation is 1. The third kappa shape index (κ3) is 5.84. The predicted molar refractivity (Wildman–Crippen MR) is 159 cm³/mol. The number of aromatic carboxylic acids is 1. The summed E-state index contributed by atoms with van der Waals surface area (Å²) in [4.78, 5) is 20.8. The molecule has 1 saturated heterocycles. The van der Waals surface area contributed by atoms with E-state index in [1.807, 2.05) is 23.6 Å². The molecule has 8 nitrogen and oxygen atoms in total. The number of rotatable bonds is 9. The maximum Gasteiger partial charge on any atom is 0.335 e. The van der Waals surface area contributed by atoms with Crippen molar-refractivity contribution in [3.05, 3.63) is 111 Å². The van der Waals surface area contributed by atoms with Crippen LogP contribution in [-0.2, 0) is 24.3 Å². The highest BCUT2D eigenvalue weighted by Crippen LogP contribution is 2.32. The normalized spacial score (nSPS) is 14.3. The highest BCUT2D eigenvalue weighted by Gasteiger charge is 2.23. The highest BCUT2D eigenvalue weighted by molar-refractivity contribution is 6.31. The number of carboxylic acids is 1. The van der Waals surface area contributed by atoms with Gasteiger partial charge in [-0.25, -0.2) is 23.5 Å². The average molecular weight is 615 g/mol. The Hall–Kier alpha value is -4.85. The molecule has 44 heavy (non-hydrogen) atoms. The second kappa shape index (κ2) is 12.0. The molecule has 6 rings (SSSR count). The first-order valence-corrected chi connectivity index (χ1v) is 14.2. The smallest absolute Gasteiger partial charge is 0.335 e. The Morgan fingerprint density at radius 2 is 1.93 bits per heavy atom. The Kier molecular flexibility index (Phi) is 7.99. The lowest BCUT2D eigenvalue weighted by Crippen LogP contribution is -2.31. The van der Waals surface area contributed by atoms with Gasteiger partial charge >= 0.3 is 5.97 Å². The number of fused-ring (bicyclic) bond motifs is 1. The van der Waals surface area contributed by atoms with Crippen molar-refractivity contribution in [2.24, 2.45) is 0 Å². The van der Waals surface area contributed by atoms with E-state index in [2.05, 4.69) is 4.98 Å². The molecule has 0 aliphatic carbocycles. The first-order valence-electron chi connectivity index (χ1n) is 13.8. The molecule has 1 aliphatic rings. The summed E-state index contributed by atoms with van der Waals surface area (Å²) in [5.74, 6) is -1.92. The van der Waals surface area contributed by atoms with Crippen LogP contribution < -0.4 is 4.74 Å². The van der Waals surface area contributed by atoms with Gasteiger partial charge in [0.05, 0.1) is 46.6 Å². The fourth-order valence-electron chi connectivity index (χ4n) is 5.15. The Morgan fingerprint density at radius 3 is 2.64 bits per heavy atom. The summed E-state index contributed by atoms with van der Waals surface area (Å²) >= 11 is 6.78. The third-order valence-corrected chi connectivity index (χ3v) is 7.98. The fourth-order valence-corrected chi connectivity index (χ4v) is 5.38. The second-order valence-corrected chi connectivity index (χ2v) is 11.0. The first kappa shape index (κ1) is 29.2. The van der Waals surface area contributed by atoms with E-state index in [1.54, 1.807) is 18.2 Å². The van der Waals surface area contributed by atoms with Gasteiger partial charge in [0.15, 0.2) is 5.82 Å². The molecule has 0 amide bonds. The number of ether oxygens (including phenoxy) is 2. The number of nitrogens with zero attached hydrogens (tertiary/aromatic N) is 4. The number of nitriles is 1. The van der Waals surface area contributed by atoms with Crippen molar-refractivity contribution in [1.29, 1.82) is 5.26 Å². The quantitative estimate of drug-likeness (QED) is 0.193. The molecule has 0 radical (unpaired) electrons. The van der Waals surface area contributed by atoms with Crippen LogP contribution in [-0.4, -0.2) is 38.3 Å². The molecule has 0 spiro atoms. The summed E-state index contributed by atoms with van der Waals surface area (Å²) in [6.07, 6.45) is 1.31. The fraction of sp³-hybridized carbons (Fsp3) is 0.212. The number of benzene rings is 3. The van der Waals surface area contributed by atoms with E-state index in [-0.39, 0.29) is 35.3 Å². The van der Waals surface area contributed by atoms with Crippen molar-refractivity contribution in [2.45, 2.75) is 39.0 Å². The zero-order valence-electron chi connectivity index (χ0n) is 23.5. The maximum absolute atomic E-state index is 14.6. The van der Waals surface area contributed by atoms with Gasteiger partial charge in [-0.1, -0.05) is 23.7 Å². The molecule has 0 saturated carbocycles. The molecule has 0 bridgehead atoms. The van der Waals surface area contributed by atoms with Crippen molar-refractivity contribution in [3.8, 4) is 23.2 Å². The largest absolute Gasteiger partial charge is 0.478 e. The van der Waals surface area contributed by atoms with Crippen LogP contribution >= 0.6 is 11.6 Å². The number of hydrogen-bond donors (Lipinski definition) is 1. The van der Waals surface area contributed by atoms with Crippen LogP contribution in [0.2, 0.25) is 5.02 Å². The predicted octanol–water partition coefficient (Wildman–Crippen LogP) is 6.87. The van der Waals surface area contributed by atoms with Crippen molar-refractivity contribution in [1.82, 2.24) is 14.5 Å². The van der Waals surface area contributed by atoms with Gasteiger partial charge < -0.3 is 19.1 Å². The van der Waals surface area contributed by atoms with Gasteiger partial charge in [-0.2, -0.15) is 5.26 Å². The molecule has 11 heteroatoms. The summed E-state index contributed by atoms with van der Waals surface area (Å²) in [7, 11) is 0. The minimum Gasteiger partial charge on any atom is -0.478 e. The zero-order chi connectivity index (χ0) is 31.0. The van der Waals surface area contributed by atoms with Gasteiger partial charge in [0.1, 0.15) is 18.2 Å². The maximum atomic E-state index is 14.6. The molecule has 1 aliphatic heterocycles. The number of imidazole rings is 1. The minimum atomic E-state index is -1.01. The number of halogens is 3. The number of carbonyl (C=O) groups is 1. The Morgan fingerprint density at radius 1 is 1.11 bits per heavy atom. The summed E-state index contributed by atoms with van der Waals surface area (Å²) in [6, 6.07) is 17.1. The van der Waals surface area contributed by atoms with Crippen LogP contribution in [0.5, 0.6) is 5.88 Å². The van der Waals surface area contributed by atoms with Gasteiger partial charge in [0, 0.05) is 29.2 Å². The SMILES string of the molecule is Cc1cc(Cc2nc3ccc(C(=O)O)cc3n2CC2CCO2)c(Cl)cc1-c1ccc(F)c(OCc2ccc(C#N)cc2F)n1. The molecule has 2 aromatic heterocycles. The van der Waals surface area contributed by atoms with E-state index in [4.69, 9.17) is 31.3 Å². The molecular formula is C33H25ClF2N4O4. The van der Waals surface area contributed by atoms with Gasteiger partial charge in [-0.05, 0) is 73.0 Å². The summed E-state index contributed by atoms with van der Waals surface area (Å²) < 4.78 is 42.1. The van der Waals surface area contributed by atoms with Gasteiger partial charge in [0.2, 0.25) is 0 Å². The lowest BCUT2D eigenvalue weighted by atomic mass is 10.00. The van der Waals surface area contributed by atoms with Crippen molar-refractivity contribution in [2.75, 3.05) is 6.61 Å². The molecule has 1 unspecified atom stereocenters. The topological polar surface area (TPSA) is 110 Å². The molecular weight excluding hydrogens is 590 g/mol. The number of carboxylic acid groups (broad SMARTS) is 1. The monoisotopic (exact) mass is 614 g/mol. The summed E-state index contributed by atoms with van der Waals surface area (Å²) in [5, 5.41) is 18.9. The van der Waals surface area contributed by atoms with Crippen molar-refractivity contribution < 1.29 is 28.2 Å². The van der Waals surface area contributed by atoms with Gasteiger partial charge in [-0.15, -0.1) is 0 Å². The number of aromatic nitrogens is 3. The molecule has 1 fully saturated rings. The minimum absolute atomic E-state index is 0.0218. The van der Waals surface area contributed by atoms with E-state index in [1.165, 1.54) is 30.3 Å². The van der Waals surface area contributed by atoms with E-state index >= 15 is 0 Å². The molecule has 222 valence electrons. The Labute approximate surface area is 256 Å². The van der Waals surface area contributed by atoms with Gasteiger partial charge in [0.25, 0.3) is 5.88 Å². The van der Waals surface area contributed by atoms with Crippen molar-refractivity contribution in [3.63, 3.8) is 0 Å². The van der Waals surface area contributed by atoms with Crippen LogP contribution in [0.15, 0.2) is 60.7 Å². The Bertz CT molecular complexity index is 1970. The molecule has 3 heterocycles. The molecule has 1 atom stereocenters. The van der Waals surface area contributed by atoms with Crippen LogP contribution in [0.25, 0.3) is 22.3 Å². The van der Waals surface area contributed by atoms with E-state index in [0.29, 0.717) is 46.9 Å². The lowest BCUT2D eigenvalue weighted by Gasteiger charge is -2.27. The van der Waals surface area contributed by atoms with Crippen LogP contribution in [0.3, 0.4) is 0 Å². The molecule has 5 aromatic rings. The standard InChI is InChI=1S/C33H25ClF2N4O4/c1-18-10-22(13-31-38-29-6-4-20(33(41)42)12-30(29)40(31)16-23-8-9-43-23)25(34)14-24(18)28-7-5-26(35)32(39-28)44-17-21-3-2-19(15-37)11-27(21)36/h2-7,10-12,14,23H,8-9,13,16-17H2,1H3,(H,41,42). The zero-order valence-corrected chi connectivity index (χ0v) is 24.2. The average Bonchev–Trinajstić information content (AvgIpc) is 3.32. The third-order valence-electron chi connectivity index (χ3n) is 7.63. The Balaban J connectivity index is 1.28. The van der Waals surface area contributed by atoms with Crippen LogP contribution in [0.4, 0.5) is 8.78 Å². The summed E-state index contributed by atoms with van der Waals surface area (Å²) in [6.45, 7) is 2.84. The van der Waals surface area contributed by atoms with E-state index in [0.717, 1.165) is 29.4 Å². The first-order chi connectivity index (χ1) is 21.2. The molecule has 3 aromatic carbocycles.